The quantitative estimate of drug-likeness (QED) is 0.582. The first-order valence-corrected chi connectivity index (χ1v) is 11.6. The van der Waals surface area contributed by atoms with Crippen molar-refractivity contribution in [3.05, 3.63) is 90.0 Å². The minimum absolute atomic E-state index is 0.0668. The van der Waals surface area contributed by atoms with E-state index in [2.05, 4.69) is 35.5 Å². The second-order valence-corrected chi connectivity index (χ2v) is 9.04. The highest BCUT2D eigenvalue weighted by Crippen LogP contribution is 2.36. The third-order valence-corrected chi connectivity index (χ3v) is 6.96. The average molecular weight is 427 g/mol. The first-order chi connectivity index (χ1) is 15.7. The molecule has 2 aliphatic rings. The molecule has 0 spiro atoms. The Morgan fingerprint density at radius 3 is 2.31 bits per heavy atom. The standard InChI is InChI=1S/C28H30N2O2/c1-30-24-14-15-25(30)18-27(17-24)32-26-9-5-6-20(16-26)19-29-28(31)23-12-10-22(11-13-23)21-7-3-2-4-8-21/h2-13,16,24-25,27H,14-15,17-19H2,1H3,(H,29,31)/t24-,25?,27?/m1/s1. The third-order valence-electron chi connectivity index (χ3n) is 6.96. The van der Waals surface area contributed by atoms with Crippen LogP contribution < -0.4 is 10.1 Å². The predicted molar refractivity (Wildman–Crippen MR) is 128 cm³/mol. The number of hydrogen-bond donors (Lipinski definition) is 1. The van der Waals surface area contributed by atoms with Gasteiger partial charge in [-0.1, -0.05) is 54.6 Å². The summed E-state index contributed by atoms with van der Waals surface area (Å²) < 4.78 is 6.33. The van der Waals surface area contributed by atoms with Gasteiger partial charge in [0.25, 0.3) is 5.91 Å². The molecule has 2 heterocycles. The van der Waals surface area contributed by atoms with Gasteiger partial charge in [0.1, 0.15) is 11.9 Å². The highest BCUT2D eigenvalue weighted by atomic mass is 16.5. The summed E-state index contributed by atoms with van der Waals surface area (Å²) in [6, 6.07) is 27.4. The first kappa shape index (κ1) is 20.8. The van der Waals surface area contributed by atoms with E-state index in [1.54, 1.807) is 0 Å². The number of nitrogens with zero attached hydrogens (tertiary/aromatic N) is 1. The van der Waals surface area contributed by atoms with Gasteiger partial charge in [0.2, 0.25) is 0 Å². The van der Waals surface area contributed by atoms with Crippen molar-refractivity contribution in [1.29, 1.82) is 0 Å². The molecule has 3 aromatic carbocycles. The van der Waals surface area contributed by atoms with E-state index in [9.17, 15) is 4.79 Å². The number of nitrogens with one attached hydrogen (secondary N) is 1. The van der Waals surface area contributed by atoms with E-state index >= 15 is 0 Å². The van der Waals surface area contributed by atoms with Crippen LogP contribution in [0.15, 0.2) is 78.9 Å². The van der Waals surface area contributed by atoms with E-state index in [-0.39, 0.29) is 12.0 Å². The van der Waals surface area contributed by atoms with Gasteiger partial charge in [-0.3, -0.25) is 4.79 Å². The minimum Gasteiger partial charge on any atom is -0.490 e. The van der Waals surface area contributed by atoms with E-state index in [1.165, 1.54) is 12.8 Å². The smallest absolute Gasteiger partial charge is 0.251 e. The number of fused-ring (bicyclic) bond motifs is 2. The molecular formula is C28H30N2O2. The third kappa shape index (κ3) is 4.56. The number of benzene rings is 3. The van der Waals surface area contributed by atoms with Gasteiger partial charge in [0.05, 0.1) is 0 Å². The molecule has 2 unspecified atom stereocenters. The molecule has 0 saturated carbocycles. The second kappa shape index (κ2) is 9.17. The van der Waals surface area contributed by atoms with Crippen LogP contribution in [0.3, 0.4) is 0 Å². The van der Waals surface area contributed by atoms with E-state index in [1.807, 2.05) is 60.7 Å². The lowest BCUT2D eigenvalue weighted by Gasteiger charge is -2.36. The molecule has 2 saturated heterocycles. The second-order valence-electron chi connectivity index (χ2n) is 9.04. The van der Waals surface area contributed by atoms with Crippen LogP contribution in [-0.2, 0) is 6.54 Å². The highest BCUT2D eigenvalue weighted by molar-refractivity contribution is 5.94. The highest BCUT2D eigenvalue weighted by Gasteiger charge is 2.39. The van der Waals surface area contributed by atoms with Gasteiger partial charge in [-0.25, -0.2) is 0 Å². The number of amides is 1. The van der Waals surface area contributed by atoms with Crippen molar-refractivity contribution < 1.29 is 9.53 Å². The summed E-state index contributed by atoms with van der Waals surface area (Å²) in [4.78, 5) is 15.2. The van der Waals surface area contributed by atoms with E-state index in [4.69, 9.17) is 4.74 Å². The molecule has 1 amide bonds. The maximum Gasteiger partial charge on any atom is 0.251 e. The molecule has 4 heteroatoms. The van der Waals surface area contributed by atoms with Crippen molar-refractivity contribution in [1.82, 2.24) is 10.2 Å². The summed E-state index contributed by atoms with van der Waals surface area (Å²) in [6.45, 7) is 0.481. The summed E-state index contributed by atoms with van der Waals surface area (Å²) in [5.74, 6) is 0.834. The Hall–Kier alpha value is -3.11. The van der Waals surface area contributed by atoms with Gasteiger partial charge in [-0.05, 0) is 73.7 Å². The van der Waals surface area contributed by atoms with Gasteiger partial charge in [0, 0.05) is 24.2 Å². The number of rotatable bonds is 6. The largest absolute Gasteiger partial charge is 0.490 e. The lowest BCUT2D eigenvalue weighted by molar-refractivity contribution is 0.0661. The topological polar surface area (TPSA) is 41.6 Å². The molecule has 1 N–H and O–H groups in total. The first-order valence-electron chi connectivity index (χ1n) is 11.6. The van der Waals surface area contributed by atoms with Gasteiger partial charge < -0.3 is 15.0 Å². The Labute approximate surface area is 190 Å². The van der Waals surface area contributed by atoms with Crippen LogP contribution in [-0.4, -0.2) is 36.0 Å². The number of carbonyl (C=O) groups is 1. The van der Waals surface area contributed by atoms with Crippen molar-refractivity contribution >= 4 is 5.91 Å². The maximum atomic E-state index is 12.6. The monoisotopic (exact) mass is 426 g/mol. The van der Waals surface area contributed by atoms with Crippen LogP contribution in [0.2, 0.25) is 0 Å². The van der Waals surface area contributed by atoms with Crippen LogP contribution in [0.5, 0.6) is 5.75 Å². The van der Waals surface area contributed by atoms with Gasteiger partial charge in [-0.15, -0.1) is 0 Å². The fraction of sp³-hybridized carbons (Fsp3) is 0.321. The maximum absolute atomic E-state index is 12.6. The van der Waals surface area contributed by atoms with Crippen LogP contribution in [0, 0.1) is 0 Å². The van der Waals surface area contributed by atoms with Crippen molar-refractivity contribution in [2.24, 2.45) is 0 Å². The molecule has 32 heavy (non-hydrogen) atoms. The summed E-state index contributed by atoms with van der Waals surface area (Å²) in [5, 5.41) is 3.03. The SMILES string of the molecule is CN1C2CC[C@@H]1CC(Oc1cccc(CNC(=O)c3ccc(-c4ccccc4)cc3)c1)C2. The predicted octanol–water partition coefficient (Wildman–Crippen LogP) is 5.29. The Morgan fingerprint density at radius 2 is 1.59 bits per heavy atom. The molecule has 4 nitrogen and oxygen atoms in total. The Kier molecular flexibility index (Phi) is 5.95. The van der Waals surface area contributed by atoms with Crippen LogP contribution in [0.1, 0.15) is 41.6 Å². The zero-order chi connectivity index (χ0) is 21.9. The molecule has 0 radical (unpaired) electrons. The molecular weight excluding hydrogens is 396 g/mol. The van der Waals surface area contributed by atoms with Gasteiger partial charge in [0.15, 0.2) is 0 Å². The summed E-state index contributed by atoms with van der Waals surface area (Å²) in [6.07, 6.45) is 5.08. The fourth-order valence-electron chi connectivity index (χ4n) is 5.11. The molecule has 3 aromatic rings. The lowest BCUT2D eigenvalue weighted by atomic mass is 10.0. The average Bonchev–Trinajstić information content (AvgIpc) is 3.04. The Balaban J connectivity index is 1.17. The summed E-state index contributed by atoms with van der Waals surface area (Å²) in [7, 11) is 2.25. The number of ether oxygens (including phenoxy) is 1. The fourth-order valence-corrected chi connectivity index (χ4v) is 5.11. The lowest BCUT2D eigenvalue weighted by Crippen LogP contribution is -2.43. The van der Waals surface area contributed by atoms with Crippen LogP contribution in [0.25, 0.3) is 11.1 Å². The molecule has 5 rings (SSSR count). The molecule has 2 aliphatic heterocycles. The zero-order valence-corrected chi connectivity index (χ0v) is 18.5. The molecule has 164 valence electrons. The molecule has 2 bridgehead atoms. The van der Waals surface area contributed by atoms with Crippen molar-refractivity contribution in [3.8, 4) is 16.9 Å². The van der Waals surface area contributed by atoms with Gasteiger partial charge >= 0.3 is 0 Å². The normalized spacial score (nSPS) is 22.5. The van der Waals surface area contributed by atoms with E-state index in [0.717, 1.165) is 35.3 Å². The van der Waals surface area contributed by atoms with Crippen molar-refractivity contribution in [2.75, 3.05) is 7.05 Å². The molecule has 3 atom stereocenters. The van der Waals surface area contributed by atoms with Crippen molar-refractivity contribution in [3.63, 3.8) is 0 Å². The number of carbonyl (C=O) groups excluding carboxylic acids is 1. The molecule has 0 aliphatic carbocycles. The summed E-state index contributed by atoms with van der Waals surface area (Å²) in [5.41, 5.74) is 3.97. The number of hydrogen-bond acceptors (Lipinski definition) is 3. The van der Waals surface area contributed by atoms with E-state index in [0.29, 0.717) is 24.2 Å². The Morgan fingerprint density at radius 1 is 0.906 bits per heavy atom. The van der Waals surface area contributed by atoms with Gasteiger partial charge in [-0.2, -0.15) is 0 Å². The summed E-state index contributed by atoms with van der Waals surface area (Å²) >= 11 is 0. The molecule has 0 aromatic heterocycles. The minimum atomic E-state index is -0.0668. The Bertz CT molecular complexity index is 1050. The van der Waals surface area contributed by atoms with E-state index < -0.39 is 0 Å². The molecule has 2 fully saturated rings. The zero-order valence-electron chi connectivity index (χ0n) is 18.5. The van der Waals surface area contributed by atoms with Crippen LogP contribution >= 0.6 is 0 Å². The van der Waals surface area contributed by atoms with Crippen molar-refractivity contribution in [2.45, 2.75) is 50.4 Å². The number of piperidine rings is 1. The van der Waals surface area contributed by atoms with Crippen LogP contribution in [0.4, 0.5) is 0 Å².